The highest BCUT2D eigenvalue weighted by atomic mass is 32.1. The predicted molar refractivity (Wildman–Crippen MR) is 81.0 cm³/mol. The van der Waals surface area contributed by atoms with Crippen LogP contribution in [0.1, 0.15) is 24.5 Å². The molecule has 0 spiro atoms. The van der Waals surface area contributed by atoms with Crippen LogP contribution >= 0.6 is 11.3 Å². The van der Waals surface area contributed by atoms with Gasteiger partial charge in [0.15, 0.2) is 0 Å². The van der Waals surface area contributed by atoms with Gasteiger partial charge in [-0.1, -0.05) is 0 Å². The van der Waals surface area contributed by atoms with Crippen molar-refractivity contribution >= 4 is 17.4 Å². The Hall–Kier alpha value is -1.11. The summed E-state index contributed by atoms with van der Waals surface area (Å²) < 4.78 is 0. The molecule has 1 aromatic rings. The van der Waals surface area contributed by atoms with Gasteiger partial charge in [0.1, 0.15) is 0 Å². The van der Waals surface area contributed by atoms with Crippen molar-refractivity contribution in [3.8, 4) is 0 Å². The number of hydrogen-bond acceptors (Lipinski definition) is 4. The van der Waals surface area contributed by atoms with Crippen molar-refractivity contribution in [2.24, 2.45) is 0 Å². The lowest BCUT2D eigenvalue weighted by Gasteiger charge is -2.34. The van der Waals surface area contributed by atoms with Crippen LogP contribution in [0.5, 0.6) is 0 Å². The number of likely N-dealkylation sites (tertiary alicyclic amines) is 1. The normalized spacial score (nSPS) is 18.1. The quantitative estimate of drug-likeness (QED) is 0.886. The SMILES string of the molecule is CN(C)C(=O)N1CCC(NCC(O)c2ccsc2)CC1. The highest BCUT2D eigenvalue weighted by Crippen LogP contribution is 2.17. The Labute approximate surface area is 124 Å². The van der Waals surface area contributed by atoms with E-state index in [-0.39, 0.29) is 6.03 Å². The third-order valence-electron chi connectivity index (χ3n) is 3.68. The summed E-state index contributed by atoms with van der Waals surface area (Å²) in [6.45, 7) is 2.13. The molecule has 0 bridgehead atoms. The van der Waals surface area contributed by atoms with Crippen LogP contribution in [0, 0.1) is 0 Å². The molecule has 2 heterocycles. The van der Waals surface area contributed by atoms with Crippen molar-refractivity contribution in [3.05, 3.63) is 22.4 Å². The summed E-state index contributed by atoms with van der Waals surface area (Å²) in [4.78, 5) is 15.3. The molecule has 112 valence electrons. The number of hydrogen-bond donors (Lipinski definition) is 2. The van der Waals surface area contributed by atoms with Gasteiger partial charge in [-0.05, 0) is 35.2 Å². The maximum atomic E-state index is 11.8. The van der Waals surface area contributed by atoms with Crippen molar-refractivity contribution in [2.45, 2.75) is 25.0 Å². The van der Waals surface area contributed by atoms with Crippen LogP contribution in [-0.4, -0.2) is 60.7 Å². The number of carbonyl (C=O) groups excluding carboxylic acids is 1. The monoisotopic (exact) mass is 297 g/mol. The average molecular weight is 297 g/mol. The highest BCUT2D eigenvalue weighted by molar-refractivity contribution is 7.07. The van der Waals surface area contributed by atoms with Crippen LogP contribution in [0.15, 0.2) is 16.8 Å². The second-order valence-corrected chi connectivity index (χ2v) is 6.20. The Bertz CT molecular complexity index is 414. The van der Waals surface area contributed by atoms with Crippen molar-refractivity contribution < 1.29 is 9.90 Å². The largest absolute Gasteiger partial charge is 0.387 e. The second-order valence-electron chi connectivity index (χ2n) is 5.42. The molecule has 1 aliphatic heterocycles. The molecule has 2 N–H and O–H groups in total. The Morgan fingerprint density at radius 2 is 2.25 bits per heavy atom. The first-order valence-electron chi connectivity index (χ1n) is 6.97. The minimum atomic E-state index is -0.442. The first-order valence-corrected chi connectivity index (χ1v) is 7.92. The van der Waals surface area contributed by atoms with E-state index in [9.17, 15) is 9.90 Å². The van der Waals surface area contributed by atoms with Crippen LogP contribution in [0.2, 0.25) is 0 Å². The van der Waals surface area contributed by atoms with Crippen molar-refractivity contribution in [1.82, 2.24) is 15.1 Å². The average Bonchev–Trinajstić information content (AvgIpc) is 2.98. The van der Waals surface area contributed by atoms with Crippen molar-refractivity contribution in [2.75, 3.05) is 33.7 Å². The fraction of sp³-hybridized carbons (Fsp3) is 0.643. The van der Waals surface area contributed by atoms with E-state index in [4.69, 9.17) is 0 Å². The van der Waals surface area contributed by atoms with Crippen LogP contribution in [0.3, 0.4) is 0 Å². The zero-order valence-electron chi connectivity index (χ0n) is 12.1. The van der Waals surface area contributed by atoms with Crippen LogP contribution in [0.25, 0.3) is 0 Å². The third-order valence-corrected chi connectivity index (χ3v) is 4.38. The Kier molecular flexibility index (Phi) is 5.39. The summed E-state index contributed by atoms with van der Waals surface area (Å²) in [6.07, 6.45) is 1.44. The number of aliphatic hydroxyl groups excluding tert-OH is 1. The van der Waals surface area contributed by atoms with E-state index >= 15 is 0 Å². The van der Waals surface area contributed by atoms with E-state index < -0.39 is 6.10 Å². The van der Waals surface area contributed by atoms with Gasteiger partial charge in [-0.25, -0.2) is 4.79 Å². The number of rotatable bonds is 4. The third kappa shape index (κ3) is 3.94. The van der Waals surface area contributed by atoms with Crippen LogP contribution in [0.4, 0.5) is 4.79 Å². The van der Waals surface area contributed by atoms with Gasteiger partial charge >= 0.3 is 6.03 Å². The standard InChI is InChI=1S/C14H23N3O2S/c1-16(2)14(19)17-6-3-12(4-7-17)15-9-13(18)11-5-8-20-10-11/h5,8,10,12-13,15,18H,3-4,6-7,9H2,1-2H3. The van der Waals surface area contributed by atoms with Gasteiger partial charge in [0.05, 0.1) is 6.10 Å². The Morgan fingerprint density at radius 3 is 2.80 bits per heavy atom. The van der Waals surface area contributed by atoms with Gasteiger partial charge in [-0.3, -0.25) is 0 Å². The lowest BCUT2D eigenvalue weighted by molar-refractivity contribution is 0.140. The number of urea groups is 1. The zero-order chi connectivity index (χ0) is 14.5. The molecule has 1 atom stereocenters. The molecular weight excluding hydrogens is 274 g/mol. The summed E-state index contributed by atoms with van der Waals surface area (Å²) in [5.74, 6) is 0. The summed E-state index contributed by atoms with van der Waals surface area (Å²) in [5.41, 5.74) is 0.975. The molecule has 0 radical (unpaired) electrons. The van der Waals surface area contributed by atoms with Crippen LogP contribution < -0.4 is 5.32 Å². The fourth-order valence-corrected chi connectivity index (χ4v) is 3.13. The maximum Gasteiger partial charge on any atom is 0.319 e. The Morgan fingerprint density at radius 1 is 1.55 bits per heavy atom. The Balaban J connectivity index is 1.71. The number of carbonyl (C=O) groups is 1. The summed E-state index contributed by atoms with van der Waals surface area (Å²) in [6, 6.07) is 2.42. The van der Waals surface area contributed by atoms with Crippen LogP contribution in [-0.2, 0) is 0 Å². The van der Waals surface area contributed by atoms with E-state index in [1.807, 2.05) is 21.7 Å². The topological polar surface area (TPSA) is 55.8 Å². The number of nitrogens with zero attached hydrogens (tertiary/aromatic N) is 2. The zero-order valence-corrected chi connectivity index (χ0v) is 12.9. The molecule has 2 rings (SSSR count). The molecule has 1 unspecified atom stereocenters. The molecular formula is C14H23N3O2S. The minimum Gasteiger partial charge on any atom is -0.387 e. The van der Waals surface area contributed by atoms with Gasteiger partial charge in [0.25, 0.3) is 0 Å². The first-order chi connectivity index (χ1) is 9.58. The summed E-state index contributed by atoms with van der Waals surface area (Å²) >= 11 is 1.60. The van der Waals surface area contributed by atoms with Gasteiger partial charge in [0, 0.05) is 39.8 Å². The molecule has 1 fully saturated rings. The summed E-state index contributed by atoms with van der Waals surface area (Å²) in [7, 11) is 3.56. The lowest BCUT2D eigenvalue weighted by Crippen LogP contribution is -2.48. The van der Waals surface area contributed by atoms with E-state index in [1.165, 1.54) is 0 Å². The fourth-order valence-electron chi connectivity index (χ4n) is 2.42. The smallest absolute Gasteiger partial charge is 0.319 e. The van der Waals surface area contributed by atoms with Gasteiger partial charge in [-0.15, -0.1) is 0 Å². The molecule has 1 saturated heterocycles. The van der Waals surface area contributed by atoms with E-state index in [1.54, 1.807) is 30.3 Å². The minimum absolute atomic E-state index is 0.0850. The van der Waals surface area contributed by atoms with E-state index in [2.05, 4.69) is 5.32 Å². The highest BCUT2D eigenvalue weighted by Gasteiger charge is 2.23. The number of piperidine rings is 1. The molecule has 6 heteroatoms. The van der Waals surface area contributed by atoms with Gasteiger partial charge in [0.2, 0.25) is 0 Å². The van der Waals surface area contributed by atoms with Crippen molar-refractivity contribution in [3.63, 3.8) is 0 Å². The van der Waals surface area contributed by atoms with Gasteiger partial charge in [-0.2, -0.15) is 11.3 Å². The molecule has 0 saturated carbocycles. The number of aliphatic hydroxyl groups is 1. The second kappa shape index (κ2) is 7.06. The maximum absolute atomic E-state index is 11.8. The van der Waals surface area contributed by atoms with Crippen molar-refractivity contribution in [1.29, 1.82) is 0 Å². The molecule has 2 amide bonds. The molecule has 0 aliphatic carbocycles. The summed E-state index contributed by atoms with van der Waals surface area (Å²) in [5, 5.41) is 17.4. The van der Waals surface area contributed by atoms with E-state index in [0.717, 1.165) is 31.5 Å². The van der Waals surface area contributed by atoms with E-state index in [0.29, 0.717) is 12.6 Å². The predicted octanol–water partition coefficient (Wildman–Crippen LogP) is 1.52. The molecule has 1 aromatic heterocycles. The number of amides is 2. The molecule has 20 heavy (non-hydrogen) atoms. The first kappa shape index (κ1) is 15.3. The molecule has 5 nitrogen and oxygen atoms in total. The lowest BCUT2D eigenvalue weighted by atomic mass is 10.0. The van der Waals surface area contributed by atoms with Gasteiger partial charge < -0.3 is 20.2 Å². The number of thiophene rings is 1. The molecule has 0 aromatic carbocycles. The molecule has 1 aliphatic rings. The number of nitrogens with one attached hydrogen (secondary N) is 1.